The van der Waals surface area contributed by atoms with Gasteiger partial charge in [0.1, 0.15) is 13.2 Å². The van der Waals surface area contributed by atoms with Crippen molar-refractivity contribution in [1.82, 2.24) is 0 Å². The van der Waals surface area contributed by atoms with E-state index < -0.39 is 0 Å². The van der Waals surface area contributed by atoms with E-state index in [1.54, 1.807) is 0 Å². The lowest BCUT2D eigenvalue weighted by Crippen LogP contribution is -2.37. The van der Waals surface area contributed by atoms with Gasteiger partial charge in [0.25, 0.3) is 0 Å². The van der Waals surface area contributed by atoms with E-state index in [0.717, 1.165) is 11.0 Å². The van der Waals surface area contributed by atoms with E-state index in [1.807, 2.05) is 0 Å². The van der Waals surface area contributed by atoms with E-state index >= 15 is 0 Å². The van der Waals surface area contributed by atoms with Gasteiger partial charge in [0.05, 0.1) is 27.7 Å². The van der Waals surface area contributed by atoms with E-state index in [4.69, 9.17) is 9.84 Å². The third-order valence-corrected chi connectivity index (χ3v) is 2.56. The van der Waals surface area contributed by atoms with Gasteiger partial charge >= 0.3 is 5.97 Å². The Labute approximate surface area is 109 Å². The zero-order valence-electron chi connectivity index (χ0n) is 10.5. The summed E-state index contributed by atoms with van der Waals surface area (Å²) in [5, 5.41) is 8.26. The molecule has 16 heavy (non-hydrogen) atoms. The monoisotopic (exact) mass is 270 g/mol. The fourth-order valence-electron chi connectivity index (χ4n) is 0.521. The lowest BCUT2D eigenvalue weighted by molar-refractivity contribution is -0.870. The summed E-state index contributed by atoms with van der Waals surface area (Å²) in [5.74, 6) is 0.438. The molecule has 0 rings (SSSR count). The first-order chi connectivity index (χ1) is 7.22. The lowest BCUT2D eigenvalue weighted by atomic mass is 10.5. The van der Waals surface area contributed by atoms with E-state index in [9.17, 15) is 4.79 Å². The fraction of sp³-hybridized carbons (Fsp3) is 0.900. The highest BCUT2D eigenvalue weighted by Crippen LogP contribution is 1.93. The minimum atomic E-state index is -0.201. The summed E-state index contributed by atoms with van der Waals surface area (Å²) in [6.45, 7) is 2.92. The first-order valence-electron chi connectivity index (χ1n) is 5.06. The van der Waals surface area contributed by atoms with Crippen LogP contribution in [-0.4, -0.2) is 67.5 Å². The quantitative estimate of drug-likeness (QED) is 0.386. The maximum absolute atomic E-state index is 10.3. The molecule has 6 heteroatoms. The molecule has 0 aromatic rings. The van der Waals surface area contributed by atoms with Crippen molar-refractivity contribution in [2.75, 3.05) is 46.7 Å². The van der Waals surface area contributed by atoms with Crippen molar-refractivity contribution >= 4 is 31.2 Å². The molecule has 0 aliphatic heterocycles. The third kappa shape index (κ3) is 19.6. The Hall–Kier alpha value is 0.0900. The van der Waals surface area contributed by atoms with E-state index in [1.165, 1.54) is 6.92 Å². The van der Waals surface area contributed by atoms with Crippen LogP contribution in [0.4, 0.5) is 0 Å². The standard InChI is InChI=1S/C7H16NO2.C3H8OS2/c1-7(9)10-6-5-8(2,3)4;4-1-3(6)2-5/h5-6H2,1-4H3;3-6H,1-2H2/q+1;. The summed E-state index contributed by atoms with van der Waals surface area (Å²) in [6.07, 6.45) is 0. The van der Waals surface area contributed by atoms with Crippen LogP contribution in [-0.2, 0) is 9.53 Å². The van der Waals surface area contributed by atoms with Gasteiger partial charge in [-0.2, -0.15) is 25.3 Å². The van der Waals surface area contributed by atoms with Crippen LogP contribution < -0.4 is 0 Å². The maximum Gasteiger partial charge on any atom is 0.302 e. The number of hydrogen-bond donors (Lipinski definition) is 3. The number of hydrogen-bond acceptors (Lipinski definition) is 5. The number of nitrogens with zero attached hydrogens (tertiary/aromatic N) is 1. The summed E-state index contributed by atoms with van der Waals surface area (Å²) in [6, 6.07) is 0. The molecule has 1 N–H and O–H groups in total. The third-order valence-electron chi connectivity index (χ3n) is 1.49. The molecular formula is C10H24NO3S2+. The highest BCUT2D eigenvalue weighted by Gasteiger charge is 2.06. The minimum absolute atomic E-state index is 0.0494. The summed E-state index contributed by atoms with van der Waals surface area (Å²) < 4.78 is 5.59. The number of thiol groups is 2. The Bertz CT molecular complexity index is 179. The number of rotatable bonds is 5. The van der Waals surface area contributed by atoms with Crippen LogP contribution in [0.1, 0.15) is 6.92 Å². The number of carbonyl (C=O) groups is 1. The molecule has 0 radical (unpaired) electrons. The summed E-state index contributed by atoms with van der Waals surface area (Å²) in [4.78, 5) is 10.3. The van der Waals surface area contributed by atoms with Crippen LogP contribution in [0, 0.1) is 0 Å². The molecule has 1 atom stereocenters. The topological polar surface area (TPSA) is 46.5 Å². The highest BCUT2D eigenvalue weighted by molar-refractivity contribution is 7.84. The zero-order chi connectivity index (χ0) is 13.2. The summed E-state index contributed by atoms with van der Waals surface area (Å²) in [7, 11) is 6.18. The molecule has 0 saturated heterocycles. The van der Waals surface area contributed by atoms with Crippen LogP contribution in [0.3, 0.4) is 0 Å². The Morgan fingerprint density at radius 3 is 2.12 bits per heavy atom. The fourth-order valence-corrected chi connectivity index (χ4v) is 0.636. The average Bonchev–Trinajstić information content (AvgIpc) is 2.15. The van der Waals surface area contributed by atoms with Crippen LogP contribution >= 0.6 is 25.3 Å². The smallest absolute Gasteiger partial charge is 0.302 e. The molecule has 0 spiro atoms. The van der Waals surface area contributed by atoms with E-state index in [-0.39, 0.29) is 17.8 Å². The van der Waals surface area contributed by atoms with Gasteiger partial charge in [0.2, 0.25) is 0 Å². The van der Waals surface area contributed by atoms with Gasteiger partial charge in [-0.25, -0.2) is 0 Å². The highest BCUT2D eigenvalue weighted by atomic mass is 32.1. The predicted molar refractivity (Wildman–Crippen MR) is 73.2 cm³/mol. The van der Waals surface area contributed by atoms with Gasteiger partial charge in [0, 0.05) is 17.9 Å². The second kappa shape index (κ2) is 10.3. The van der Waals surface area contributed by atoms with Gasteiger partial charge in [0.15, 0.2) is 0 Å². The molecule has 0 heterocycles. The van der Waals surface area contributed by atoms with Crippen molar-refractivity contribution in [2.45, 2.75) is 12.2 Å². The molecule has 0 bridgehead atoms. The lowest BCUT2D eigenvalue weighted by Gasteiger charge is -2.23. The second-order valence-corrected chi connectivity index (χ2v) is 5.47. The SMILES string of the molecule is CC(=O)OCC[N+](C)(C)C.OCC(S)CS. The zero-order valence-corrected chi connectivity index (χ0v) is 12.3. The van der Waals surface area contributed by atoms with E-state index in [2.05, 4.69) is 46.4 Å². The van der Waals surface area contributed by atoms with Crippen LogP contribution in [0.2, 0.25) is 0 Å². The van der Waals surface area contributed by atoms with Gasteiger partial charge in [-0.05, 0) is 0 Å². The maximum atomic E-state index is 10.3. The van der Waals surface area contributed by atoms with Crippen LogP contribution in [0.15, 0.2) is 0 Å². The molecule has 98 valence electrons. The molecule has 1 unspecified atom stereocenters. The Morgan fingerprint density at radius 1 is 1.44 bits per heavy atom. The number of aliphatic hydroxyl groups is 1. The molecule has 0 aromatic carbocycles. The van der Waals surface area contributed by atoms with Gasteiger partial charge in [-0.3, -0.25) is 4.79 Å². The number of carbonyl (C=O) groups excluding carboxylic acids is 1. The summed E-state index contributed by atoms with van der Waals surface area (Å²) >= 11 is 7.76. The Morgan fingerprint density at radius 2 is 1.94 bits per heavy atom. The molecule has 4 nitrogen and oxygen atoms in total. The normalized spacial score (nSPS) is 12.4. The molecule has 0 aliphatic carbocycles. The van der Waals surface area contributed by atoms with Crippen LogP contribution in [0.25, 0.3) is 0 Å². The molecule has 0 aromatic heterocycles. The molecule has 0 fully saturated rings. The van der Waals surface area contributed by atoms with Crippen molar-refractivity contribution in [3.8, 4) is 0 Å². The molecule has 0 aliphatic rings. The molecule has 0 amide bonds. The predicted octanol–water partition coefficient (Wildman–Crippen LogP) is 0.463. The first-order valence-corrected chi connectivity index (χ1v) is 6.21. The molecule has 0 saturated carbocycles. The van der Waals surface area contributed by atoms with Crippen molar-refractivity contribution in [3.05, 3.63) is 0 Å². The summed E-state index contributed by atoms with van der Waals surface area (Å²) in [5.41, 5.74) is 0. The van der Waals surface area contributed by atoms with E-state index in [0.29, 0.717) is 12.4 Å². The van der Waals surface area contributed by atoms with Crippen molar-refractivity contribution in [3.63, 3.8) is 0 Å². The van der Waals surface area contributed by atoms with Crippen molar-refractivity contribution < 1.29 is 19.1 Å². The molecular weight excluding hydrogens is 246 g/mol. The number of ether oxygens (including phenoxy) is 1. The van der Waals surface area contributed by atoms with Gasteiger partial charge in [-0.15, -0.1) is 0 Å². The van der Waals surface area contributed by atoms with Crippen LogP contribution in [0.5, 0.6) is 0 Å². The van der Waals surface area contributed by atoms with Gasteiger partial charge in [-0.1, -0.05) is 0 Å². The Balaban J connectivity index is 0. The number of aliphatic hydroxyl groups excluding tert-OH is 1. The van der Waals surface area contributed by atoms with Crippen molar-refractivity contribution in [1.29, 1.82) is 0 Å². The van der Waals surface area contributed by atoms with Crippen molar-refractivity contribution in [2.24, 2.45) is 0 Å². The minimum Gasteiger partial charge on any atom is -0.460 e. The van der Waals surface area contributed by atoms with Gasteiger partial charge < -0.3 is 14.3 Å². The average molecular weight is 270 g/mol. The number of quaternary nitrogens is 1. The largest absolute Gasteiger partial charge is 0.460 e. The first kappa shape index (κ1) is 18.5. The number of likely N-dealkylation sites (N-methyl/N-ethyl adjacent to an activating group) is 1. The number of esters is 1. The Kier molecular flexibility index (Phi) is 11.8. The second-order valence-electron chi connectivity index (χ2n) is 4.37.